The van der Waals surface area contributed by atoms with E-state index in [0.29, 0.717) is 0 Å². The van der Waals surface area contributed by atoms with Crippen LogP contribution < -0.4 is 4.74 Å². The predicted molar refractivity (Wildman–Crippen MR) is 143 cm³/mol. The molecule has 6 heterocycles. The molecule has 6 aromatic rings. The maximum atomic E-state index is 13.7. The van der Waals surface area contributed by atoms with E-state index in [4.69, 9.17) is 4.74 Å². The average molecular weight is 511 g/mol. The molecule has 0 saturated heterocycles. The van der Waals surface area contributed by atoms with Crippen molar-refractivity contribution in [2.24, 2.45) is 0 Å². The van der Waals surface area contributed by atoms with Crippen LogP contribution in [0.1, 0.15) is 32.1 Å². The summed E-state index contributed by atoms with van der Waals surface area (Å²) in [6, 6.07) is 9.34. The summed E-state index contributed by atoms with van der Waals surface area (Å²) in [5.41, 5.74) is 5.89. The second kappa shape index (κ2) is 9.08. The van der Waals surface area contributed by atoms with Crippen LogP contribution in [0.5, 0.6) is 5.75 Å². The van der Waals surface area contributed by atoms with Crippen molar-refractivity contribution in [3.8, 4) is 38.8 Å². The minimum absolute atomic E-state index is 0.219. The predicted octanol–water partition coefficient (Wildman–Crippen LogP) is 7.14. The minimum atomic E-state index is -0.219. The van der Waals surface area contributed by atoms with Gasteiger partial charge in [0.15, 0.2) is 5.13 Å². The largest absolute Gasteiger partial charge is 0.489 e. The molecule has 184 valence electrons. The normalized spacial score (nSPS) is 14.5. The first-order valence-electron chi connectivity index (χ1n) is 12.4. The van der Waals surface area contributed by atoms with E-state index in [1.807, 2.05) is 24.4 Å². The van der Waals surface area contributed by atoms with Crippen molar-refractivity contribution in [3.05, 3.63) is 66.4 Å². The Balaban J connectivity index is 1.26. The Morgan fingerprint density at radius 3 is 2.65 bits per heavy atom. The zero-order valence-corrected chi connectivity index (χ0v) is 20.7. The molecule has 7 nitrogen and oxygen atoms in total. The van der Waals surface area contributed by atoms with Gasteiger partial charge in [-0.15, -0.1) is 11.3 Å². The van der Waals surface area contributed by atoms with Gasteiger partial charge in [0.1, 0.15) is 11.4 Å². The van der Waals surface area contributed by atoms with Gasteiger partial charge in [-0.2, -0.15) is 9.49 Å². The molecule has 0 aromatic carbocycles. The number of pyridine rings is 3. The fourth-order valence-corrected chi connectivity index (χ4v) is 5.87. The Hall–Kier alpha value is -4.11. The van der Waals surface area contributed by atoms with Crippen LogP contribution in [0.4, 0.5) is 4.39 Å². The summed E-state index contributed by atoms with van der Waals surface area (Å²) < 4.78 is 19.9. The zero-order chi connectivity index (χ0) is 24.8. The number of thiophene rings is 1. The molecule has 0 aliphatic heterocycles. The van der Waals surface area contributed by atoms with Gasteiger partial charge in [0, 0.05) is 39.2 Å². The SMILES string of the molecule is Fc1ccc(-c2cncc3[nH]c(-c4n[nH]c5cnc(-c6cncc(OC7CCCCC7)c6)cc45)cc23)s1. The molecule has 2 N–H and O–H groups in total. The standard InChI is InChI=1S/C28H23FN6OS/c29-27-7-6-26(37-27)21-13-31-14-24-19(21)9-23(33-24)28-20-10-22(32-15-25(20)34-35-28)16-8-18(12-30-11-16)36-17-4-2-1-3-5-17/h6-15,17,33H,1-5H2,(H,34,35). The van der Waals surface area contributed by atoms with Crippen LogP contribution in [0.25, 0.3) is 54.9 Å². The third kappa shape index (κ3) is 4.15. The number of hydrogen-bond acceptors (Lipinski definition) is 6. The maximum absolute atomic E-state index is 13.7. The quantitative estimate of drug-likeness (QED) is 0.257. The minimum Gasteiger partial charge on any atom is -0.489 e. The van der Waals surface area contributed by atoms with Crippen LogP contribution in [0.3, 0.4) is 0 Å². The van der Waals surface area contributed by atoms with Crippen molar-refractivity contribution in [3.63, 3.8) is 0 Å². The lowest BCUT2D eigenvalue weighted by Gasteiger charge is -2.22. The van der Waals surface area contributed by atoms with Crippen molar-refractivity contribution >= 4 is 33.1 Å². The van der Waals surface area contributed by atoms with Crippen molar-refractivity contribution in [1.29, 1.82) is 0 Å². The Bertz CT molecular complexity index is 1730. The van der Waals surface area contributed by atoms with Crippen LogP contribution in [-0.2, 0) is 0 Å². The monoisotopic (exact) mass is 510 g/mol. The lowest BCUT2D eigenvalue weighted by atomic mass is 9.98. The molecule has 6 aromatic heterocycles. The highest BCUT2D eigenvalue weighted by Gasteiger charge is 2.18. The number of rotatable bonds is 5. The van der Waals surface area contributed by atoms with Crippen LogP contribution >= 0.6 is 11.3 Å². The molecule has 0 radical (unpaired) electrons. The Kier molecular flexibility index (Phi) is 5.43. The van der Waals surface area contributed by atoms with Crippen molar-refractivity contribution in [1.82, 2.24) is 30.1 Å². The summed E-state index contributed by atoms with van der Waals surface area (Å²) in [5.74, 6) is 0.777. The molecule has 0 amide bonds. The van der Waals surface area contributed by atoms with E-state index in [1.165, 1.54) is 25.3 Å². The van der Waals surface area contributed by atoms with Gasteiger partial charge in [0.05, 0.1) is 47.1 Å². The zero-order valence-electron chi connectivity index (χ0n) is 19.9. The van der Waals surface area contributed by atoms with E-state index >= 15 is 0 Å². The second-order valence-electron chi connectivity index (χ2n) is 9.41. The van der Waals surface area contributed by atoms with Gasteiger partial charge >= 0.3 is 0 Å². The van der Waals surface area contributed by atoms with Gasteiger partial charge in [-0.05, 0) is 56.0 Å². The number of ether oxygens (including phenoxy) is 1. The number of nitrogens with zero attached hydrogens (tertiary/aromatic N) is 4. The van der Waals surface area contributed by atoms with E-state index in [2.05, 4.69) is 30.1 Å². The molecule has 1 fully saturated rings. The summed E-state index contributed by atoms with van der Waals surface area (Å²) in [5, 5.41) is 9.36. The van der Waals surface area contributed by atoms with Crippen LogP contribution in [0, 0.1) is 5.13 Å². The number of nitrogens with one attached hydrogen (secondary N) is 2. The molecule has 0 spiro atoms. The van der Waals surface area contributed by atoms with Gasteiger partial charge in [0.2, 0.25) is 0 Å². The summed E-state index contributed by atoms with van der Waals surface area (Å²) in [6.07, 6.45) is 15.1. The fourth-order valence-electron chi connectivity index (χ4n) is 5.11. The number of aromatic amines is 2. The summed E-state index contributed by atoms with van der Waals surface area (Å²) in [4.78, 5) is 17.7. The van der Waals surface area contributed by atoms with E-state index in [9.17, 15) is 4.39 Å². The highest BCUT2D eigenvalue weighted by Crippen LogP contribution is 2.36. The third-order valence-corrected chi connectivity index (χ3v) is 7.86. The Morgan fingerprint density at radius 1 is 0.892 bits per heavy atom. The molecule has 0 bridgehead atoms. The number of hydrogen-bond donors (Lipinski definition) is 2. The first-order chi connectivity index (χ1) is 18.2. The van der Waals surface area contributed by atoms with Crippen LogP contribution in [-0.4, -0.2) is 36.2 Å². The number of H-pyrrole nitrogens is 2. The smallest absolute Gasteiger partial charge is 0.176 e. The van der Waals surface area contributed by atoms with Gasteiger partial charge in [0.25, 0.3) is 0 Å². The molecule has 1 aliphatic carbocycles. The summed E-state index contributed by atoms with van der Waals surface area (Å²) in [6.45, 7) is 0. The molecule has 0 unspecified atom stereocenters. The lowest BCUT2D eigenvalue weighted by molar-refractivity contribution is 0.154. The van der Waals surface area contributed by atoms with Gasteiger partial charge < -0.3 is 9.72 Å². The first-order valence-corrected chi connectivity index (χ1v) is 13.2. The molecule has 37 heavy (non-hydrogen) atoms. The van der Waals surface area contributed by atoms with Gasteiger partial charge in [-0.3, -0.25) is 20.1 Å². The van der Waals surface area contributed by atoms with Crippen molar-refractivity contribution < 1.29 is 9.13 Å². The van der Waals surface area contributed by atoms with E-state index < -0.39 is 0 Å². The third-order valence-electron chi connectivity index (χ3n) is 6.95. The molecular weight excluding hydrogens is 487 g/mol. The number of aromatic nitrogens is 6. The number of fused-ring (bicyclic) bond motifs is 2. The van der Waals surface area contributed by atoms with Gasteiger partial charge in [-0.1, -0.05) is 6.42 Å². The maximum Gasteiger partial charge on any atom is 0.176 e. The lowest BCUT2D eigenvalue weighted by Crippen LogP contribution is -2.19. The molecule has 0 atom stereocenters. The molecule has 1 aliphatic rings. The second-order valence-corrected chi connectivity index (χ2v) is 10.4. The van der Waals surface area contributed by atoms with E-state index in [0.717, 1.165) is 84.8 Å². The highest BCUT2D eigenvalue weighted by molar-refractivity contribution is 7.14. The van der Waals surface area contributed by atoms with Crippen LogP contribution in [0.15, 0.2) is 61.3 Å². The van der Waals surface area contributed by atoms with Gasteiger partial charge in [-0.25, -0.2) is 0 Å². The molecule has 9 heteroatoms. The van der Waals surface area contributed by atoms with E-state index in [1.54, 1.807) is 30.9 Å². The average Bonchev–Trinajstić information content (AvgIpc) is 3.66. The molecule has 1 saturated carbocycles. The van der Waals surface area contributed by atoms with Crippen molar-refractivity contribution in [2.75, 3.05) is 0 Å². The Labute approximate surface area is 215 Å². The number of halogens is 1. The Morgan fingerprint density at radius 2 is 1.78 bits per heavy atom. The van der Waals surface area contributed by atoms with E-state index in [-0.39, 0.29) is 11.2 Å². The molecular formula is C28H23FN6OS. The molecule has 7 rings (SSSR count). The first kappa shape index (κ1) is 22.1. The van der Waals surface area contributed by atoms with Crippen LogP contribution in [0.2, 0.25) is 0 Å². The fraction of sp³-hybridized carbons (Fsp3) is 0.214. The highest BCUT2D eigenvalue weighted by atomic mass is 32.1. The van der Waals surface area contributed by atoms with Crippen molar-refractivity contribution in [2.45, 2.75) is 38.2 Å². The topological polar surface area (TPSA) is 92.4 Å². The summed E-state index contributed by atoms with van der Waals surface area (Å²) in [7, 11) is 0. The summed E-state index contributed by atoms with van der Waals surface area (Å²) >= 11 is 1.11.